The van der Waals surface area contributed by atoms with E-state index in [1.54, 1.807) is 6.07 Å². The fourth-order valence-electron chi connectivity index (χ4n) is 4.65. The number of rotatable bonds is 12. The van der Waals surface area contributed by atoms with Crippen molar-refractivity contribution in [2.75, 3.05) is 53.9 Å². The lowest BCUT2D eigenvalue weighted by atomic mass is 9.93. The minimum absolute atomic E-state index is 0.120. The molecule has 0 radical (unpaired) electrons. The molecule has 0 aromatic heterocycles. The molecule has 1 amide bonds. The molecule has 3 N–H and O–H groups in total. The topological polar surface area (TPSA) is 117 Å². The zero-order valence-electron chi connectivity index (χ0n) is 21.6. The number of aliphatic hydroxyl groups is 1. The van der Waals surface area contributed by atoms with Crippen molar-refractivity contribution in [2.45, 2.75) is 38.3 Å². The minimum atomic E-state index is -4.45. The Morgan fingerprint density at radius 1 is 1.00 bits per heavy atom. The van der Waals surface area contributed by atoms with Crippen molar-refractivity contribution in [1.29, 1.82) is 0 Å². The van der Waals surface area contributed by atoms with Gasteiger partial charge >= 0.3 is 6.18 Å². The van der Waals surface area contributed by atoms with E-state index in [4.69, 9.17) is 14.6 Å². The summed E-state index contributed by atoms with van der Waals surface area (Å²) in [5.41, 5.74) is 1.52. The molecule has 220 valence electrons. The minimum Gasteiger partial charge on any atom is -0.489 e. The Morgan fingerprint density at radius 3 is 2.33 bits per heavy atom. The first-order valence-corrected chi connectivity index (χ1v) is 14.4. The van der Waals surface area contributed by atoms with Gasteiger partial charge in [-0.15, -0.1) is 0 Å². The van der Waals surface area contributed by atoms with Gasteiger partial charge in [0.25, 0.3) is 5.91 Å². The number of benzene rings is 2. The number of ether oxygens (including phenoxy) is 2. The Balaban J connectivity index is 1.57. The Bertz CT molecular complexity index is 1310. The van der Waals surface area contributed by atoms with Crippen LogP contribution in [0.1, 0.15) is 42.5 Å². The molecule has 0 bridgehead atoms. The molecule has 2 fully saturated rings. The molecule has 1 aliphatic heterocycles. The number of carbonyl (C=O) groups excluding carboxylic acids is 1. The summed E-state index contributed by atoms with van der Waals surface area (Å²) >= 11 is 0. The molecule has 1 saturated heterocycles. The quantitative estimate of drug-likeness (QED) is 0.308. The van der Waals surface area contributed by atoms with Crippen LogP contribution in [0, 0.1) is 5.41 Å². The second-order valence-electron chi connectivity index (χ2n) is 9.95. The predicted octanol–water partition coefficient (Wildman–Crippen LogP) is 4.69. The van der Waals surface area contributed by atoms with Crippen molar-refractivity contribution in [3.05, 3.63) is 42.0 Å². The third-order valence-corrected chi connectivity index (χ3v) is 8.32. The summed E-state index contributed by atoms with van der Waals surface area (Å²) in [6, 6.07) is 8.40. The average Bonchev–Trinajstić information content (AvgIpc) is 3.63. The highest BCUT2D eigenvalue weighted by Crippen LogP contribution is 2.54. The lowest BCUT2D eigenvalue weighted by Gasteiger charge is -2.35. The number of nitrogens with zero attached hydrogens (tertiary/aromatic N) is 1. The number of hydrogen-bond donors (Lipinski definition) is 3. The maximum atomic E-state index is 13.4. The van der Waals surface area contributed by atoms with E-state index >= 15 is 0 Å². The van der Waals surface area contributed by atoms with Crippen LogP contribution in [0.4, 0.5) is 34.6 Å². The van der Waals surface area contributed by atoms with Crippen molar-refractivity contribution >= 4 is 33.0 Å². The molecule has 0 unspecified atom stereocenters. The number of hydrogen-bond acceptors (Lipinski definition) is 7. The molecule has 2 aromatic rings. The van der Waals surface area contributed by atoms with E-state index < -0.39 is 54.4 Å². The van der Waals surface area contributed by atoms with E-state index in [1.165, 1.54) is 43.2 Å². The molecule has 4 rings (SSSR count). The van der Waals surface area contributed by atoms with E-state index in [1.807, 2.05) is 4.90 Å². The molecular weight excluding hydrogens is 558 g/mol. The molecule has 1 spiro atoms. The Kier molecular flexibility index (Phi) is 8.98. The lowest BCUT2D eigenvalue weighted by Crippen LogP contribution is -2.35. The zero-order valence-corrected chi connectivity index (χ0v) is 22.4. The van der Waals surface area contributed by atoms with Crippen LogP contribution < -0.4 is 24.4 Å². The van der Waals surface area contributed by atoms with Gasteiger partial charge in [-0.2, -0.15) is 13.2 Å². The van der Waals surface area contributed by atoms with Gasteiger partial charge in [0.1, 0.15) is 0 Å². The van der Waals surface area contributed by atoms with E-state index in [0.29, 0.717) is 24.2 Å². The first-order valence-electron chi connectivity index (χ1n) is 12.8. The molecule has 2 aromatic carbocycles. The number of amides is 1. The van der Waals surface area contributed by atoms with Gasteiger partial charge in [-0.05, 0) is 61.4 Å². The van der Waals surface area contributed by atoms with Gasteiger partial charge < -0.3 is 24.8 Å². The summed E-state index contributed by atoms with van der Waals surface area (Å²) in [5.74, 6) is -1.32. The van der Waals surface area contributed by atoms with Crippen molar-refractivity contribution in [2.24, 2.45) is 5.41 Å². The molecule has 2 aliphatic rings. The number of alkyl halides is 4. The molecule has 14 heteroatoms. The van der Waals surface area contributed by atoms with Gasteiger partial charge in [0.2, 0.25) is 16.9 Å². The normalized spacial score (nSPS) is 16.5. The highest BCUT2D eigenvalue weighted by molar-refractivity contribution is 7.92. The van der Waals surface area contributed by atoms with Crippen LogP contribution in [-0.4, -0.2) is 64.5 Å². The summed E-state index contributed by atoms with van der Waals surface area (Å²) in [6.45, 7) is -1.14. The van der Waals surface area contributed by atoms with Gasteiger partial charge in [0.05, 0.1) is 42.3 Å². The van der Waals surface area contributed by atoms with Gasteiger partial charge in [-0.25, -0.2) is 12.8 Å². The smallest absolute Gasteiger partial charge is 0.392 e. The molecular formula is C26H31F4N3O6S. The molecule has 1 aliphatic carbocycles. The summed E-state index contributed by atoms with van der Waals surface area (Å²) in [6.07, 6.45) is -1.44. The SMILES string of the molecule is O=C(Nc1ccc(OCF)c(OCCC(F)(F)F)c1)c1ccc(NS(=O)(=O)CCO)cc1N1CCC2(CC1)CC2. The number of anilines is 3. The van der Waals surface area contributed by atoms with Crippen molar-refractivity contribution < 1.29 is 45.4 Å². The zero-order chi connectivity index (χ0) is 29.0. The van der Waals surface area contributed by atoms with Crippen molar-refractivity contribution in [3.8, 4) is 11.5 Å². The number of piperidine rings is 1. The van der Waals surface area contributed by atoms with E-state index in [9.17, 15) is 30.8 Å². The highest BCUT2D eigenvalue weighted by atomic mass is 32.2. The second kappa shape index (κ2) is 12.1. The first-order chi connectivity index (χ1) is 18.9. The summed E-state index contributed by atoms with van der Waals surface area (Å²) in [4.78, 5) is 15.4. The first kappa shape index (κ1) is 29.7. The molecule has 9 nitrogen and oxygen atoms in total. The lowest BCUT2D eigenvalue weighted by molar-refractivity contribution is -0.139. The van der Waals surface area contributed by atoms with Gasteiger partial charge in [0.15, 0.2) is 11.5 Å². The van der Waals surface area contributed by atoms with Crippen molar-refractivity contribution in [1.82, 2.24) is 0 Å². The Hall–Kier alpha value is -3.26. The highest BCUT2D eigenvalue weighted by Gasteiger charge is 2.44. The van der Waals surface area contributed by atoms with E-state index in [2.05, 4.69) is 10.0 Å². The Labute approximate surface area is 229 Å². The third kappa shape index (κ3) is 7.90. The summed E-state index contributed by atoms with van der Waals surface area (Å²) in [5, 5.41) is 11.7. The summed E-state index contributed by atoms with van der Waals surface area (Å²) < 4.78 is 87.2. The van der Waals surface area contributed by atoms with Crippen LogP contribution in [0.2, 0.25) is 0 Å². The van der Waals surface area contributed by atoms with Gasteiger partial charge in [-0.3, -0.25) is 9.52 Å². The number of aliphatic hydroxyl groups excluding tert-OH is 1. The molecule has 1 saturated carbocycles. The standard InChI is InChI=1S/C26H31F4N3O6S/c27-17-39-22-4-2-18(16-23(22)38-13-9-26(28,29)30)31-24(35)20-3-1-19(32-40(36,37)14-12-34)15-21(20)33-10-7-25(5-6-25)8-11-33/h1-4,15-16,32,34H,5-14,17H2,(H,31,35). The second-order valence-corrected chi connectivity index (χ2v) is 11.8. The van der Waals surface area contributed by atoms with Crippen LogP contribution in [0.5, 0.6) is 11.5 Å². The molecule has 1 heterocycles. The van der Waals surface area contributed by atoms with Crippen molar-refractivity contribution in [3.63, 3.8) is 0 Å². The van der Waals surface area contributed by atoms with Crippen LogP contribution in [0.3, 0.4) is 0 Å². The van der Waals surface area contributed by atoms with Gasteiger partial charge in [-0.1, -0.05) is 0 Å². The number of halogens is 4. The Morgan fingerprint density at radius 2 is 1.70 bits per heavy atom. The van der Waals surface area contributed by atoms with Crippen LogP contribution in [0.25, 0.3) is 0 Å². The fourth-order valence-corrected chi connectivity index (χ4v) is 5.48. The van der Waals surface area contributed by atoms with Crippen LogP contribution in [0.15, 0.2) is 36.4 Å². The number of nitrogens with one attached hydrogen (secondary N) is 2. The monoisotopic (exact) mass is 589 g/mol. The van der Waals surface area contributed by atoms with Crippen LogP contribution in [-0.2, 0) is 10.0 Å². The number of sulfonamides is 1. The maximum Gasteiger partial charge on any atom is 0.392 e. The fraction of sp³-hybridized carbons (Fsp3) is 0.500. The molecule has 0 atom stereocenters. The van der Waals surface area contributed by atoms with E-state index in [-0.39, 0.29) is 28.4 Å². The number of carbonyl (C=O) groups is 1. The van der Waals surface area contributed by atoms with E-state index in [0.717, 1.165) is 12.8 Å². The van der Waals surface area contributed by atoms with Gasteiger partial charge in [0, 0.05) is 24.8 Å². The third-order valence-electron chi connectivity index (χ3n) is 7.05. The average molecular weight is 590 g/mol. The molecule has 40 heavy (non-hydrogen) atoms. The predicted molar refractivity (Wildman–Crippen MR) is 141 cm³/mol. The van der Waals surface area contributed by atoms with Crippen LogP contribution >= 0.6 is 0 Å². The largest absolute Gasteiger partial charge is 0.489 e. The summed E-state index contributed by atoms with van der Waals surface area (Å²) in [7, 11) is -3.80. The maximum absolute atomic E-state index is 13.4.